The summed E-state index contributed by atoms with van der Waals surface area (Å²) < 4.78 is 0. The van der Waals surface area contributed by atoms with Crippen molar-refractivity contribution < 1.29 is 4.79 Å². The molecule has 0 aliphatic heterocycles. The third-order valence-corrected chi connectivity index (χ3v) is 1.07. The number of hydrogen-bond acceptors (Lipinski definition) is 1. The number of carbonyl (C=O) groups is 1. The molecule has 0 aromatic heterocycles. The lowest BCUT2D eigenvalue weighted by molar-refractivity contribution is -0.118. The standard InChI is InChI=1S/C10H15NO/c1-5-6-10(7-8(2)3)11-9(4)12/h5-7H,2H2,1,3-4H3,(H,11,12). The van der Waals surface area contributed by atoms with Crippen LogP contribution in [0.3, 0.4) is 0 Å². The molecule has 2 nitrogen and oxygen atoms in total. The van der Waals surface area contributed by atoms with Crippen LogP contribution in [0.15, 0.2) is 36.1 Å². The van der Waals surface area contributed by atoms with Gasteiger partial charge in [-0.25, -0.2) is 0 Å². The zero-order valence-corrected chi connectivity index (χ0v) is 7.85. The quantitative estimate of drug-likeness (QED) is 0.638. The van der Waals surface area contributed by atoms with Gasteiger partial charge in [0.2, 0.25) is 5.91 Å². The zero-order valence-electron chi connectivity index (χ0n) is 7.85. The molecule has 0 bridgehead atoms. The second kappa shape index (κ2) is 5.35. The van der Waals surface area contributed by atoms with Gasteiger partial charge in [0.1, 0.15) is 0 Å². The maximum absolute atomic E-state index is 10.7. The molecule has 0 spiro atoms. The highest BCUT2D eigenvalue weighted by Crippen LogP contribution is 1.98. The summed E-state index contributed by atoms with van der Waals surface area (Å²) in [4.78, 5) is 10.7. The van der Waals surface area contributed by atoms with Crippen molar-refractivity contribution in [1.29, 1.82) is 0 Å². The van der Waals surface area contributed by atoms with E-state index in [1.807, 2.05) is 32.1 Å². The number of amides is 1. The van der Waals surface area contributed by atoms with Crippen LogP contribution in [0.2, 0.25) is 0 Å². The van der Waals surface area contributed by atoms with Gasteiger partial charge < -0.3 is 5.32 Å². The predicted molar refractivity (Wildman–Crippen MR) is 51.5 cm³/mol. The van der Waals surface area contributed by atoms with E-state index in [1.54, 1.807) is 0 Å². The molecule has 66 valence electrons. The SMILES string of the molecule is C=C(C)C=C(C=CC)NC(C)=O. The monoisotopic (exact) mass is 165 g/mol. The first-order valence-electron chi connectivity index (χ1n) is 3.83. The van der Waals surface area contributed by atoms with Gasteiger partial charge in [-0.15, -0.1) is 0 Å². The lowest BCUT2D eigenvalue weighted by atomic mass is 10.2. The summed E-state index contributed by atoms with van der Waals surface area (Å²) in [5.74, 6) is -0.0689. The van der Waals surface area contributed by atoms with E-state index in [4.69, 9.17) is 0 Å². The number of allylic oxidation sites excluding steroid dienone is 4. The molecule has 0 radical (unpaired) electrons. The van der Waals surface area contributed by atoms with Crippen LogP contribution >= 0.6 is 0 Å². The highest BCUT2D eigenvalue weighted by Gasteiger charge is 1.93. The number of hydrogen-bond donors (Lipinski definition) is 1. The molecule has 2 heteroatoms. The van der Waals surface area contributed by atoms with E-state index < -0.39 is 0 Å². The van der Waals surface area contributed by atoms with Gasteiger partial charge in [0, 0.05) is 12.6 Å². The molecular formula is C10H15NO. The third kappa shape index (κ3) is 5.47. The number of nitrogens with one attached hydrogen (secondary N) is 1. The molecule has 0 saturated carbocycles. The summed E-state index contributed by atoms with van der Waals surface area (Å²) in [6.45, 7) is 8.98. The van der Waals surface area contributed by atoms with E-state index >= 15 is 0 Å². The molecule has 1 N–H and O–H groups in total. The summed E-state index contributed by atoms with van der Waals surface area (Å²) in [5.41, 5.74) is 1.69. The van der Waals surface area contributed by atoms with Crippen molar-refractivity contribution in [2.24, 2.45) is 0 Å². The molecule has 0 aliphatic rings. The molecule has 12 heavy (non-hydrogen) atoms. The Hall–Kier alpha value is -1.31. The predicted octanol–water partition coefficient (Wildman–Crippen LogP) is 2.16. The van der Waals surface area contributed by atoms with E-state index in [9.17, 15) is 4.79 Å². The smallest absolute Gasteiger partial charge is 0.221 e. The third-order valence-electron chi connectivity index (χ3n) is 1.07. The molecule has 0 aromatic carbocycles. The first-order valence-corrected chi connectivity index (χ1v) is 3.83. The van der Waals surface area contributed by atoms with E-state index in [0.29, 0.717) is 0 Å². The Morgan fingerprint density at radius 1 is 1.42 bits per heavy atom. The van der Waals surface area contributed by atoms with Gasteiger partial charge in [-0.3, -0.25) is 4.79 Å². The maximum Gasteiger partial charge on any atom is 0.221 e. The van der Waals surface area contributed by atoms with Crippen molar-refractivity contribution >= 4 is 5.91 Å². The Morgan fingerprint density at radius 3 is 2.33 bits per heavy atom. The van der Waals surface area contributed by atoms with Crippen molar-refractivity contribution in [2.45, 2.75) is 20.8 Å². The van der Waals surface area contributed by atoms with E-state index in [1.165, 1.54) is 6.92 Å². The minimum atomic E-state index is -0.0689. The topological polar surface area (TPSA) is 29.1 Å². The van der Waals surface area contributed by atoms with Crippen LogP contribution in [-0.2, 0) is 4.79 Å². The van der Waals surface area contributed by atoms with E-state index in [2.05, 4.69) is 11.9 Å². The van der Waals surface area contributed by atoms with Crippen LogP contribution < -0.4 is 5.32 Å². The fraction of sp³-hybridized carbons (Fsp3) is 0.300. The summed E-state index contributed by atoms with van der Waals surface area (Å²) in [7, 11) is 0. The lowest BCUT2D eigenvalue weighted by Gasteiger charge is -2.01. The summed E-state index contributed by atoms with van der Waals surface area (Å²) in [6, 6.07) is 0. The fourth-order valence-electron chi connectivity index (χ4n) is 0.774. The van der Waals surface area contributed by atoms with Gasteiger partial charge in [0.25, 0.3) is 0 Å². The van der Waals surface area contributed by atoms with Crippen LogP contribution in [0.1, 0.15) is 20.8 Å². The second-order valence-electron chi connectivity index (χ2n) is 2.63. The largest absolute Gasteiger partial charge is 0.326 e. The highest BCUT2D eigenvalue weighted by molar-refractivity contribution is 5.75. The van der Waals surface area contributed by atoms with Gasteiger partial charge in [0.05, 0.1) is 0 Å². The Balaban J connectivity index is 4.43. The van der Waals surface area contributed by atoms with E-state index in [0.717, 1.165) is 11.3 Å². The molecule has 0 aliphatic carbocycles. The molecule has 0 unspecified atom stereocenters. The van der Waals surface area contributed by atoms with Crippen molar-refractivity contribution in [3.8, 4) is 0 Å². The van der Waals surface area contributed by atoms with Gasteiger partial charge in [-0.05, 0) is 26.0 Å². The summed E-state index contributed by atoms with van der Waals surface area (Å²) in [6.07, 6.45) is 5.52. The second-order valence-corrected chi connectivity index (χ2v) is 2.63. The Morgan fingerprint density at radius 2 is 2.00 bits per heavy atom. The average Bonchev–Trinajstić information content (AvgIpc) is 1.84. The number of carbonyl (C=O) groups excluding carboxylic acids is 1. The summed E-state index contributed by atoms with van der Waals surface area (Å²) >= 11 is 0. The maximum atomic E-state index is 10.7. The van der Waals surface area contributed by atoms with E-state index in [-0.39, 0.29) is 5.91 Å². The van der Waals surface area contributed by atoms with Crippen LogP contribution in [0, 0.1) is 0 Å². The van der Waals surface area contributed by atoms with Crippen LogP contribution in [0.25, 0.3) is 0 Å². The Labute approximate surface area is 73.7 Å². The fourth-order valence-corrected chi connectivity index (χ4v) is 0.774. The Kier molecular flexibility index (Phi) is 4.77. The van der Waals surface area contributed by atoms with Crippen LogP contribution in [0.5, 0.6) is 0 Å². The molecule has 1 amide bonds. The number of rotatable bonds is 3. The first-order chi connectivity index (χ1) is 5.56. The van der Waals surface area contributed by atoms with Gasteiger partial charge in [-0.1, -0.05) is 18.2 Å². The first kappa shape index (κ1) is 10.7. The van der Waals surface area contributed by atoms with Crippen molar-refractivity contribution in [1.82, 2.24) is 5.32 Å². The minimum absolute atomic E-state index is 0.0689. The molecule has 0 aromatic rings. The zero-order chi connectivity index (χ0) is 9.56. The highest BCUT2D eigenvalue weighted by atomic mass is 16.1. The van der Waals surface area contributed by atoms with Gasteiger partial charge in [-0.2, -0.15) is 0 Å². The molecule has 0 fully saturated rings. The van der Waals surface area contributed by atoms with Crippen molar-refractivity contribution in [2.75, 3.05) is 0 Å². The molecule has 0 atom stereocenters. The molecule has 0 heterocycles. The van der Waals surface area contributed by atoms with Gasteiger partial charge >= 0.3 is 0 Å². The van der Waals surface area contributed by atoms with Crippen molar-refractivity contribution in [3.63, 3.8) is 0 Å². The molecule has 0 rings (SSSR count). The van der Waals surface area contributed by atoms with Crippen molar-refractivity contribution in [3.05, 3.63) is 36.1 Å². The molecular weight excluding hydrogens is 150 g/mol. The van der Waals surface area contributed by atoms with Crippen LogP contribution in [-0.4, -0.2) is 5.91 Å². The lowest BCUT2D eigenvalue weighted by Crippen LogP contribution is -2.17. The average molecular weight is 165 g/mol. The molecule has 0 saturated heterocycles. The van der Waals surface area contributed by atoms with Crippen LogP contribution in [0.4, 0.5) is 0 Å². The van der Waals surface area contributed by atoms with Gasteiger partial charge in [0.15, 0.2) is 0 Å². The normalized spacial score (nSPS) is 11.8. The summed E-state index contributed by atoms with van der Waals surface area (Å²) in [5, 5.41) is 2.69. The minimum Gasteiger partial charge on any atom is -0.326 e. The Bertz CT molecular complexity index is 236.